The van der Waals surface area contributed by atoms with Crippen molar-refractivity contribution in [2.24, 2.45) is 0 Å². The zero-order valence-electron chi connectivity index (χ0n) is 8.80. The lowest BCUT2D eigenvalue weighted by atomic mass is 9.94. The van der Waals surface area contributed by atoms with E-state index in [1.807, 2.05) is 0 Å². The lowest BCUT2D eigenvalue weighted by molar-refractivity contribution is 0.752. The predicted molar refractivity (Wildman–Crippen MR) is 59.0 cm³/mol. The molecule has 0 heterocycles. The fraction of sp³-hybridized carbons (Fsp3) is 0.385. The summed E-state index contributed by atoms with van der Waals surface area (Å²) in [6.07, 6.45) is 1.09. The van der Waals surface area contributed by atoms with E-state index in [-0.39, 0.29) is 0 Å². The van der Waals surface area contributed by atoms with Gasteiger partial charge >= 0.3 is 0 Å². The van der Waals surface area contributed by atoms with Gasteiger partial charge in [-0.2, -0.15) is 0 Å². The molecule has 0 nitrogen and oxygen atoms in total. The van der Waals surface area contributed by atoms with Gasteiger partial charge in [0.05, 0.1) is 0 Å². The number of hydrogen-bond acceptors (Lipinski definition) is 0. The van der Waals surface area contributed by atoms with Crippen molar-refractivity contribution < 1.29 is 0 Å². The van der Waals surface area contributed by atoms with Gasteiger partial charge < -0.3 is 0 Å². The van der Waals surface area contributed by atoms with Gasteiger partial charge in [0.15, 0.2) is 0 Å². The first-order valence-corrected chi connectivity index (χ1v) is 4.80. The van der Waals surface area contributed by atoms with Crippen LogP contribution < -0.4 is 0 Å². The normalized spacial score (nSPS) is 12.5. The molecule has 1 aromatic carbocycles. The second-order valence-electron chi connectivity index (χ2n) is 3.98. The maximum Gasteiger partial charge on any atom is -0.0153 e. The molecule has 1 rings (SSSR count). The fourth-order valence-corrected chi connectivity index (χ4v) is 1.62. The molecular formula is C13H18. The van der Waals surface area contributed by atoms with Crippen LogP contribution in [0.15, 0.2) is 36.4 Å². The van der Waals surface area contributed by atoms with E-state index in [9.17, 15) is 0 Å². The fourth-order valence-electron chi connectivity index (χ4n) is 1.62. The minimum Gasteiger partial charge on any atom is -0.100 e. The van der Waals surface area contributed by atoms with Gasteiger partial charge in [-0.25, -0.2) is 0 Å². The second kappa shape index (κ2) is 4.27. The topological polar surface area (TPSA) is 0 Å². The molecule has 70 valence electrons. The van der Waals surface area contributed by atoms with Crippen molar-refractivity contribution >= 4 is 0 Å². The molecule has 0 saturated heterocycles. The van der Waals surface area contributed by atoms with Crippen LogP contribution in [-0.4, -0.2) is 0 Å². The van der Waals surface area contributed by atoms with Crippen LogP contribution in [0.2, 0.25) is 0 Å². The lowest BCUT2D eigenvalue weighted by Gasteiger charge is -2.11. The Morgan fingerprint density at radius 1 is 1.46 bits per heavy atom. The van der Waals surface area contributed by atoms with Crippen molar-refractivity contribution in [1.82, 2.24) is 0 Å². The SMILES string of the molecule is C=C(C)C[C@@H](C)c1cccc(C)c1. The molecule has 0 fully saturated rings. The third-order valence-corrected chi connectivity index (χ3v) is 2.27. The average Bonchev–Trinajstić information content (AvgIpc) is 2.03. The number of hydrogen-bond donors (Lipinski definition) is 0. The maximum absolute atomic E-state index is 3.94. The quantitative estimate of drug-likeness (QED) is 0.606. The molecule has 0 bridgehead atoms. The Balaban J connectivity index is 2.76. The third kappa shape index (κ3) is 3.06. The summed E-state index contributed by atoms with van der Waals surface area (Å²) in [7, 11) is 0. The van der Waals surface area contributed by atoms with Crippen LogP contribution >= 0.6 is 0 Å². The summed E-state index contributed by atoms with van der Waals surface area (Å²) < 4.78 is 0. The van der Waals surface area contributed by atoms with Gasteiger partial charge in [0.1, 0.15) is 0 Å². The Morgan fingerprint density at radius 2 is 2.15 bits per heavy atom. The summed E-state index contributed by atoms with van der Waals surface area (Å²) in [5.74, 6) is 0.595. The van der Waals surface area contributed by atoms with E-state index in [4.69, 9.17) is 0 Å². The zero-order chi connectivity index (χ0) is 9.84. The molecule has 13 heavy (non-hydrogen) atoms. The summed E-state index contributed by atoms with van der Waals surface area (Å²) in [6, 6.07) is 8.71. The smallest absolute Gasteiger partial charge is 0.0153 e. The van der Waals surface area contributed by atoms with Crippen LogP contribution in [0.25, 0.3) is 0 Å². The molecule has 0 aromatic heterocycles. The average molecular weight is 174 g/mol. The van der Waals surface area contributed by atoms with E-state index in [2.05, 4.69) is 51.6 Å². The van der Waals surface area contributed by atoms with Gasteiger partial charge in [-0.05, 0) is 31.7 Å². The van der Waals surface area contributed by atoms with Crippen LogP contribution in [-0.2, 0) is 0 Å². The minimum absolute atomic E-state index is 0.595. The van der Waals surface area contributed by atoms with Crippen molar-refractivity contribution in [2.45, 2.75) is 33.1 Å². The highest BCUT2D eigenvalue weighted by atomic mass is 14.1. The van der Waals surface area contributed by atoms with Crippen molar-refractivity contribution in [3.05, 3.63) is 47.5 Å². The Labute approximate surface area is 81.3 Å². The second-order valence-corrected chi connectivity index (χ2v) is 3.98. The largest absolute Gasteiger partial charge is 0.100 e. The van der Waals surface area contributed by atoms with Crippen LogP contribution in [0, 0.1) is 6.92 Å². The van der Waals surface area contributed by atoms with E-state index in [1.165, 1.54) is 16.7 Å². The molecule has 0 radical (unpaired) electrons. The first kappa shape index (κ1) is 10.0. The molecule has 0 spiro atoms. The highest BCUT2D eigenvalue weighted by Gasteiger charge is 2.04. The van der Waals surface area contributed by atoms with E-state index < -0.39 is 0 Å². The Bertz CT molecular complexity index is 297. The van der Waals surface area contributed by atoms with Crippen molar-refractivity contribution in [1.29, 1.82) is 0 Å². The number of allylic oxidation sites excluding steroid dienone is 1. The first-order chi connectivity index (χ1) is 6.09. The molecule has 1 atom stereocenters. The van der Waals surface area contributed by atoms with Gasteiger partial charge in [-0.3, -0.25) is 0 Å². The molecule has 0 aliphatic rings. The van der Waals surface area contributed by atoms with Gasteiger partial charge in [-0.15, -0.1) is 6.58 Å². The van der Waals surface area contributed by atoms with E-state index in [0.717, 1.165) is 6.42 Å². The van der Waals surface area contributed by atoms with Crippen molar-refractivity contribution in [2.75, 3.05) is 0 Å². The van der Waals surface area contributed by atoms with Crippen LogP contribution in [0.1, 0.15) is 37.3 Å². The Hall–Kier alpha value is -1.04. The van der Waals surface area contributed by atoms with Crippen LogP contribution in [0.4, 0.5) is 0 Å². The minimum atomic E-state index is 0.595. The third-order valence-electron chi connectivity index (χ3n) is 2.27. The van der Waals surface area contributed by atoms with Gasteiger partial charge in [0.25, 0.3) is 0 Å². The summed E-state index contributed by atoms with van der Waals surface area (Å²) in [5, 5.41) is 0. The standard InChI is InChI=1S/C13H18/c1-10(2)8-12(4)13-7-5-6-11(3)9-13/h5-7,9,12H,1,8H2,2-4H3/t12-/m1/s1. The molecule has 0 unspecified atom stereocenters. The molecule has 0 amide bonds. The van der Waals surface area contributed by atoms with Gasteiger partial charge in [0, 0.05) is 0 Å². The highest BCUT2D eigenvalue weighted by molar-refractivity contribution is 5.25. The van der Waals surface area contributed by atoms with E-state index >= 15 is 0 Å². The maximum atomic E-state index is 3.94. The Kier molecular flexibility index (Phi) is 3.30. The molecule has 0 saturated carbocycles. The van der Waals surface area contributed by atoms with Crippen molar-refractivity contribution in [3.63, 3.8) is 0 Å². The molecular weight excluding hydrogens is 156 g/mol. The summed E-state index contributed by atoms with van der Waals surface area (Å²) in [6.45, 7) is 10.4. The molecule has 0 N–H and O–H groups in total. The zero-order valence-corrected chi connectivity index (χ0v) is 8.80. The number of aryl methyl sites for hydroxylation is 1. The molecule has 0 aliphatic heterocycles. The number of rotatable bonds is 3. The summed E-state index contributed by atoms with van der Waals surface area (Å²) >= 11 is 0. The summed E-state index contributed by atoms with van der Waals surface area (Å²) in [4.78, 5) is 0. The van der Waals surface area contributed by atoms with Crippen LogP contribution in [0.5, 0.6) is 0 Å². The lowest BCUT2D eigenvalue weighted by Crippen LogP contribution is -1.94. The van der Waals surface area contributed by atoms with Gasteiger partial charge in [0.2, 0.25) is 0 Å². The number of benzene rings is 1. The monoisotopic (exact) mass is 174 g/mol. The predicted octanol–water partition coefficient (Wildman–Crippen LogP) is 4.06. The summed E-state index contributed by atoms with van der Waals surface area (Å²) in [5.41, 5.74) is 4.02. The molecule has 0 aliphatic carbocycles. The van der Waals surface area contributed by atoms with Crippen molar-refractivity contribution in [3.8, 4) is 0 Å². The van der Waals surface area contributed by atoms with E-state index in [0.29, 0.717) is 5.92 Å². The first-order valence-electron chi connectivity index (χ1n) is 4.80. The van der Waals surface area contributed by atoms with Crippen LogP contribution in [0.3, 0.4) is 0 Å². The highest BCUT2D eigenvalue weighted by Crippen LogP contribution is 2.22. The van der Waals surface area contributed by atoms with Gasteiger partial charge in [-0.1, -0.05) is 42.3 Å². The molecule has 0 heteroatoms. The molecule has 1 aromatic rings. The van der Waals surface area contributed by atoms with E-state index in [1.54, 1.807) is 0 Å². The Morgan fingerprint density at radius 3 is 2.69 bits per heavy atom.